The molecule has 1 aromatic heterocycles. The minimum Gasteiger partial charge on any atom is -0.486 e. The monoisotopic (exact) mass is 392 g/mol. The number of aromatic nitrogens is 3. The van der Waals surface area contributed by atoms with Gasteiger partial charge in [-0.3, -0.25) is 10.1 Å². The first-order valence-electron chi connectivity index (χ1n) is 9.48. The van der Waals surface area contributed by atoms with Gasteiger partial charge in [0.15, 0.2) is 23.3 Å². The van der Waals surface area contributed by atoms with Crippen molar-refractivity contribution < 1.29 is 9.47 Å². The van der Waals surface area contributed by atoms with E-state index in [-0.39, 0.29) is 0 Å². The van der Waals surface area contributed by atoms with Crippen LogP contribution in [-0.2, 0) is 13.1 Å². The third kappa shape index (κ3) is 4.48. The number of ether oxygens (including phenoxy) is 2. The van der Waals surface area contributed by atoms with E-state index in [2.05, 4.69) is 48.6 Å². The number of rotatable bonds is 5. The average Bonchev–Trinajstić information content (AvgIpc) is 3.29. The predicted molar refractivity (Wildman–Crippen MR) is 111 cm³/mol. The number of aromatic amines is 1. The summed E-state index contributed by atoms with van der Waals surface area (Å²) < 4.78 is 11.3. The van der Waals surface area contributed by atoms with Crippen molar-refractivity contribution in [3.63, 3.8) is 0 Å². The summed E-state index contributed by atoms with van der Waals surface area (Å²) in [4.78, 5) is 10.7. The zero-order valence-corrected chi connectivity index (χ0v) is 16.6. The van der Waals surface area contributed by atoms with Crippen molar-refractivity contribution in [1.29, 1.82) is 0 Å². The van der Waals surface area contributed by atoms with E-state index in [1.165, 1.54) is 6.33 Å². The van der Waals surface area contributed by atoms with Gasteiger partial charge in [0.2, 0.25) is 0 Å². The van der Waals surface area contributed by atoms with Gasteiger partial charge in [0.25, 0.3) is 0 Å². The van der Waals surface area contributed by atoms with Gasteiger partial charge in [-0.05, 0) is 29.3 Å². The Balaban J connectivity index is 1.38. The lowest BCUT2D eigenvalue weighted by molar-refractivity contribution is 0.171. The van der Waals surface area contributed by atoms with E-state index >= 15 is 0 Å². The normalized spacial score (nSPS) is 13.2. The van der Waals surface area contributed by atoms with Gasteiger partial charge >= 0.3 is 0 Å². The number of nitrogens with one attached hydrogen (secondary N) is 2. The molecule has 1 aliphatic heterocycles. The van der Waals surface area contributed by atoms with Crippen molar-refractivity contribution >= 4 is 5.96 Å². The smallest absolute Gasteiger partial charge is 0.193 e. The van der Waals surface area contributed by atoms with Crippen LogP contribution in [0.2, 0.25) is 0 Å². The quantitative estimate of drug-likeness (QED) is 0.512. The molecule has 0 fully saturated rings. The van der Waals surface area contributed by atoms with E-state index in [0.717, 1.165) is 40.0 Å². The van der Waals surface area contributed by atoms with Crippen molar-refractivity contribution in [2.75, 3.05) is 27.3 Å². The third-order valence-electron chi connectivity index (χ3n) is 4.67. The van der Waals surface area contributed by atoms with Crippen LogP contribution in [0.15, 0.2) is 53.8 Å². The minimum atomic E-state index is 0.586. The lowest BCUT2D eigenvalue weighted by Crippen LogP contribution is -2.38. The maximum absolute atomic E-state index is 5.68. The lowest BCUT2D eigenvalue weighted by atomic mass is 10.1. The Labute approximate surface area is 169 Å². The Kier molecular flexibility index (Phi) is 5.60. The number of guanidine groups is 1. The Morgan fingerprint density at radius 1 is 1.14 bits per heavy atom. The molecule has 0 radical (unpaired) electrons. The second kappa shape index (κ2) is 8.64. The fraction of sp³-hybridized carbons (Fsp3) is 0.286. The van der Waals surface area contributed by atoms with Crippen LogP contribution in [0.4, 0.5) is 0 Å². The van der Waals surface area contributed by atoms with Crippen LogP contribution in [0.25, 0.3) is 11.4 Å². The van der Waals surface area contributed by atoms with E-state index in [9.17, 15) is 0 Å². The molecule has 3 aromatic rings. The van der Waals surface area contributed by atoms with E-state index in [0.29, 0.717) is 26.3 Å². The highest BCUT2D eigenvalue weighted by Crippen LogP contribution is 2.31. The summed E-state index contributed by atoms with van der Waals surface area (Å²) in [6, 6.07) is 14.2. The molecule has 1 aliphatic rings. The van der Waals surface area contributed by atoms with Gasteiger partial charge < -0.3 is 19.7 Å². The third-order valence-corrected chi connectivity index (χ3v) is 4.67. The van der Waals surface area contributed by atoms with Crippen LogP contribution >= 0.6 is 0 Å². The van der Waals surface area contributed by atoms with Gasteiger partial charge in [-0.1, -0.05) is 24.3 Å². The van der Waals surface area contributed by atoms with Crippen molar-refractivity contribution in [3.8, 4) is 22.9 Å². The number of nitrogens with zero attached hydrogens (tertiary/aromatic N) is 4. The molecular formula is C21H24N6O2. The van der Waals surface area contributed by atoms with Gasteiger partial charge in [0.05, 0.1) is 0 Å². The van der Waals surface area contributed by atoms with Crippen molar-refractivity contribution in [3.05, 3.63) is 59.9 Å². The minimum absolute atomic E-state index is 0.586. The summed E-state index contributed by atoms with van der Waals surface area (Å²) in [6.07, 6.45) is 1.51. The zero-order chi connectivity index (χ0) is 20.1. The van der Waals surface area contributed by atoms with Crippen LogP contribution < -0.4 is 14.8 Å². The topological polar surface area (TPSA) is 87.7 Å². The lowest BCUT2D eigenvalue weighted by Gasteiger charge is -2.24. The Morgan fingerprint density at radius 2 is 2.00 bits per heavy atom. The largest absolute Gasteiger partial charge is 0.486 e. The Morgan fingerprint density at radius 3 is 2.79 bits per heavy atom. The molecule has 29 heavy (non-hydrogen) atoms. The number of H-pyrrole nitrogens is 1. The van der Waals surface area contributed by atoms with E-state index in [1.807, 2.05) is 31.3 Å². The molecule has 0 saturated heterocycles. The van der Waals surface area contributed by atoms with Gasteiger partial charge in [-0.25, -0.2) is 4.98 Å². The first kappa shape index (κ1) is 18.8. The molecule has 0 bridgehead atoms. The molecule has 0 aliphatic carbocycles. The molecule has 150 valence electrons. The first-order valence-corrected chi connectivity index (χ1v) is 9.48. The maximum atomic E-state index is 5.68. The number of benzene rings is 2. The fourth-order valence-electron chi connectivity index (χ4n) is 3.27. The van der Waals surface area contributed by atoms with E-state index in [1.54, 1.807) is 7.05 Å². The van der Waals surface area contributed by atoms with Gasteiger partial charge in [0.1, 0.15) is 19.5 Å². The number of hydrogen-bond donors (Lipinski definition) is 2. The van der Waals surface area contributed by atoms with Crippen LogP contribution in [-0.4, -0.2) is 53.3 Å². The summed E-state index contributed by atoms with van der Waals surface area (Å²) in [5.74, 6) is 3.17. The van der Waals surface area contributed by atoms with E-state index < -0.39 is 0 Å². The fourth-order valence-corrected chi connectivity index (χ4v) is 3.27. The zero-order valence-electron chi connectivity index (χ0n) is 16.6. The molecule has 2 N–H and O–H groups in total. The van der Waals surface area contributed by atoms with Crippen molar-refractivity contribution in [1.82, 2.24) is 25.4 Å². The predicted octanol–water partition coefficient (Wildman–Crippen LogP) is 2.45. The number of aliphatic imine (C=N–C) groups is 1. The van der Waals surface area contributed by atoms with Crippen LogP contribution in [0.1, 0.15) is 11.1 Å². The standard InChI is InChI=1S/C21H24N6O2/c1-22-21(23-12-15-4-3-5-17(10-15)20-24-14-25-26-20)27(2)13-16-6-7-18-19(11-16)29-9-8-28-18/h3-7,10-11,14H,8-9,12-13H2,1-2H3,(H,22,23)(H,24,25,26). The molecule has 8 heteroatoms. The molecule has 2 aromatic carbocycles. The molecule has 0 atom stereocenters. The summed E-state index contributed by atoms with van der Waals surface area (Å²) in [5.41, 5.74) is 3.27. The number of hydrogen-bond acceptors (Lipinski definition) is 5. The molecule has 0 saturated carbocycles. The van der Waals surface area contributed by atoms with Crippen LogP contribution in [0.3, 0.4) is 0 Å². The Hall–Kier alpha value is -3.55. The molecule has 4 rings (SSSR count). The molecular weight excluding hydrogens is 368 g/mol. The van der Waals surface area contributed by atoms with Crippen LogP contribution in [0.5, 0.6) is 11.5 Å². The highest BCUT2D eigenvalue weighted by molar-refractivity contribution is 5.79. The SMILES string of the molecule is CN=C(NCc1cccc(-c2ncn[nH]2)c1)N(C)Cc1ccc2c(c1)OCCO2. The Bertz CT molecular complexity index is 987. The molecule has 8 nitrogen and oxygen atoms in total. The van der Waals surface area contributed by atoms with Gasteiger partial charge in [-0.2, -0.15) is 5.10 Å². The first-order chi connectivity index (χ1) is 14.2. The van der Waals surface area contributed by atoms with E-state index in [4.69, 9.17) is 9.47 Å². The van der Waals surface area contributed by atoms with Crippen molar-refractivity contribution in [2.45, 2.75) is 13.1 Å². The second-order valence-corrected chi connectivity index (χ2v) is 6.77. The maximum Gasteiger partial charge on any atom is 0.193 e. The van der Waals surface area contributed by atoms with Gasteiger partial charge in [0, 0.05) is 32.7 Å². The molecule has 0 spiro atoms. The van der Waals surface area contributed by atoms with Gasteiger partial charge in [-0.15, -0.1) is 0 Å². The summed E-state index contributed by atoms with van der Waals surface area (Å²) >= 11 is 0. The average molecular weight is 392 g/mol. The molecule has 0 amide bonds. The second-order valence-electron chi connectivity index (χ2n) is 6.77. The molecule has 2 heterocycles. The summed E-state index contributed by atoms with van der Waals surface area (Å²) in [6.45, 7) is 2.54. The van der Waals surface area contributed by atoms with Crippen molar-refractivity contribution in [2.24, 2.45) is 4.99 Å². The highest BCUT2D eigenvalue weighted by Gasteiger charge is 2.13. The number of fused-ring (bicyclic) bond motifs is 1. The highest BCUT2D eigenvalue weighted by atomic mass is 16.6. The van der Waals surface area contributed by atoms with Crippen LogP contribution in [0, 0.1) is 0 Å². The molecule has 0 unspecified atom stereocenters. The summed E-state index contributed by atoms with van der Waals surface area (Å²) in [7, 11) is 3.80. The summed E-state index contributed by atoms with van der Waals surface area (Å²) in [5, 5.41) is 10.2.